The number of ketones is 1. The number of carbonyl (C=O) groups excluding carboxylic acids is 1. The summed E-state index contributed by atoms with van der Waals surface area (Å²) in [6.45, 7) is 7.65. The molecule has 0 bridgehead atoms. The predicted molar refractivity (Wildman–Crippen MR) is 76.2 cm³/mol. The van der Waals surface area contributed by atoms with Crippen molar-refractivity contribution in [3.63, 3.8) is 0 Å². The first-order valence-corrected chi connectivity index (χ1v) is 6.33. The zero-order chi connectivity index (χ0) is 14.0. The summed E-state index contributed by atoms with van der Waals surface area (Å²) in [4.78, 5) is 20.7. The maximum absolute atomic E-state index is 11.8. The van der Waals surface area contributed by atoms with Gasteiger partial charge >= 0.3 is 0 Å². The molecular weight excluding hydrogens is 236 g/mol. The Morgan fingerprint density at radius 1 is 1.11 bits per heavy atom. The van der Waals surface area contributed by atoms with Gasteiger partial charge in [-0.25, -0.2) is 9.97 Å². The smallest absolute Gasteiger partial charge is 0.178 e. The third-order valence-corrected chi connectivity index (χ3v) is 2.88. The molecule has 0 fully saturated rings. The summed E-state index contributed by atoms with van der Waals surface area (Å²) in [7, 11) is 0. The summed E-state index contributed by atoms with van der Waals surface area (Å²) in [6, 6.07) is 9.75. The van der Waals surface area contributed by atoms with Crippen LogP contribution in [0.5, 0.6) is 0 Å². The van der Waals surface area contributed by atoms with Crippen molar-refractivity contribution in [2.45, 2.75) is 33.1 Å². The zero-order valence-corrected chi connectivity index (χ0v) is 11.8. The van der Waals surface area contributed by atoms with Gasteiger partial charge in [-0.2, -0.15) is 0 Å². The molecule has 1 aromatic carbocycles. The SMILES string of the molecule is CC(=O)c1nc(C(C)(C)C)ncc1-c1ccccc1. The van der Waals surface area contributed by atoms with E-state index in [1.807, 2.05) is 51.1 Å². The van der Waals surface area contributed by atoms with E-state index in [-0.39, 0.29) is 11.2 Å². The molecule has 0 spiro atoms. The van der Waals surface area contributed by atoms with Gasteiger partial charge in [-0.1, -0.05) is 51.1 Å². The molecule has 0 saturated heterocycles. The van der Waals surface area contributed by atoms with Crippen molar-refractivity contribution in [1.29, 1.82) is 0 Å². The van der Waals surface area contributed by atoms with Gasteiger partial charge < -0.3 is 0 Å². The molecule has 19 heavy (non-hydrogen) atoms. The highest BCUT2D eigenvalue weighted by molar-refractivity contribution is 5.98. The van der Waals surface area contributed by atoms with Crippen LogP contribution in [0.15, 0.2) is 36.5 Å². The van der Waals surface area contributed by atoms with E-state index < -0.39 is 0 Å². The average Bonchev–Trinajstić information content (AvgIpc) is 2.38. The van der Waals surface area contributed by atoms with Crippen molar-refractivity contribution in [3.8, 4) is 11.1 Å². The molecule has 2 aromatic rings. The lowest BCUT2D eigenvalue weighted by Crippen LogP contribution is -2.18. The maximum atomic E-state index is 11.8. The quantitative estimate of drug-likeness (QED) is 0.768. The fraction of sp³-hybridized carbons (Fsp3) is 0.312. The van der Waals surface area contributed by atoms with E-state index in [1.54, 1.807) is 13.1 Å². The summed E-state index contributed by atoms with van der Waals surface area (Å²) < 4.78 is 0. The molecule has 0 amide bonds. The van der Waals surface area contributed by atoms with Crippen LogP contribution in [0.2, 0.25) is 0 Å². The standard InChI is InChI=1S/C16H18N2O/c1-11(19)14-13(12-8-6-5-7-9-12)10-17-15(18-14)16(2,3)4/h5-10H,1-4H3. The van der Waals surface area contributed by atoms with E-state index in [4.69, 9.17) is 0 Å². The molecule has 3 nitrogen and oxygen atoms in total. The Labute approximate surface area is 113 Å². The van der Waals surface area contributed by atoms with Gasteiger partial charge in [-0.15, -0.1) is 0 Å². The molecule has 0 unspecified atom stereocenters. The van der Waals surface area contributed by atoms with Gasteiger partial charge in [0.05, 0.1) is 0 Å². The second kappa shape index (κ2) is 4.92. The minimum absolute atomic E-state index is 0.0354. The number of carbonyl (C=O) groups is 1. The van der Waals surface area contributed by atoms with Gasteiger partial charge in [-0.3, -0.25) is 4.79 Å². The topological polar surface area (TPSA) is 42.9 Å². The van der Waals surface area contributed by atoms with Gasteiger partial charge in [0.15, 0.2) is 5.78 Å². The highest BCUT2D eigenvalue weighted by atomic mass is 16.1. The molecule has 0 atom stereocenters. The Morgan fingerprint density at radius 2 is 1.74 bits per heavy atom. The molecule has 0 aliphatic rings. The highest BCUT2D eigenvalue weighted by Crippen LogP contribution is 2.25. The van der Waals surface area contributed by atoms with Crippen LogP contribution in [0.3, 0.4) is 0 Å². The van der Waals surface area contributed by atoms with Crippen LogP contribution < -0.4 is 0 Å². The lowest BCUT2D eigenvalue weighted by atomic mass is 9.94. The second-order valence-electron chi connectivity index (χ2n) is 5.63. The van der Waals surface area contributed by atoms with Crippen molar-refractivity contribution in [2.75, 3.05) is 0 Å². The number of aromatic nitrogens is 2. The second-order valence-corrected chi connectivity index (χ2v) is 5.63. The highest BCUT2D eigenvalue weighted by Gasteiger charge is 2.21. The lowest BCUT2D eigenvalue weighted by Gasteiger charge is -2.18. The Hall–Kier alpha value is -2.03. The molecule has 0 saturated carbocycles. The van der Waals surface area contributed by atoms with Crippen molar-refractivity contribution in [1.82, 2.24) is 9.97 Å². The van der Waals surface area contributed by atoms with E-state index in [9.17, 15) is 4.79 Å². The van der Waals surface area contributed by atoms with E-state index in [0.29, 0.717) is 11.5 Å². The molecule has 1 aromatic heterocycles. The lowest BCUT2D eigenvalue weighted by molar-refractivity contribution is 0.101. The first kappa shape index (κ1) is 13.4. The van der Waals surface area contributed by atoms with Crippen LogP contribution in [-0.4, -0.2) is 15.8 Å². The third kappa shape index (κ3) is 2.87. The number of Topliss-reactive ketones (excluding diaryl/α,β-unsaturated/α-hetero) is 1. The van der Waals surface area contributed by atoms with Crippen LogP contribution in [0.25, 0.3) is 11.1 Å². The van der Waals surface area contributed by atoms with Crippen LogP contribution in [0, 0.1) is 0 Å². The monoisotopic (exact) mass is 254 g/mol. The molecule has 3 heteroatoms. The van der Waals surface area contributed by atoms with Crippen molar-refractivity contribution >= 4 is 5.78 Å². The Kier molecular flexibility index (Phi) is 3.47. The van der Waals surface area contributed by atoms with E-state index in [1.165, 1.54) is 0 Å². The summed E-state index contributed by atoms with van der Waals surface area (Å²) >= 11 is 0. The van der Waals surface area contributed by atoms with Crippen LogP contribution in [0.1, 0.15) is 44.0 Å². The number of hydrogen-bond donors (Lipinski definition) is 0. The summed E-state index contributed by atoms with van der Waals surface area (Å²) in [5, 5.41) is 0. The molecule has 0 aliphatic carbocycles. The van der Waals surface area contributed by atoms with Gasteiger partial charge in [0.25, 0.3) is 0 Å². The number of benzene rings is 1. The van der Waals surface area contributed by atoms with Crippen molar-refractivity contribution in [3.05, 3.63) is 48.0 Å². The van der Waals surface area contributed by atoms with Gasteiger partial charge in [0.2, 0.25) is 0 Å². The first-order valence-electron chi connectivity index (χ1n) is 6.33. The average molecular weight is 254 g/mol. The maximum Gasteiger partial charge on any atom is 0.178 e. The molecule has 1 heterocycles. The Balaban J connectivity index is 2.61. The van der Waals surface area contributed by atoms with Gasteiger partial charge in [0, 0.05) is 24.1 Å². The number of hydrogen-bond acceptors (Lipinski definition) is 3. The fourth-order valence-corrected chi connectivity index (χ4v) is 1.84. The van der Waals surface area contributed by atoms with Gasteiger partial charge in [0.1, 0.15) is 11.5 Å². The van der Waals surface area contributed by atoms with Crippen molar-refractivity contribution in [2.24, 2.45) is 0 Å². The van der Waals surface area contributed by atoms with Crippen molar-refractivity contribution < 1.29 is 4.79 Å². The Morgan fingerprint density at radius 3 is 2.26 bits per heavy atom. The van der Waals surface area contributed by atoms with E-state index in [0.717, 1.165) is 11.1 Å². The van der Waals surface area contributed by atoms with Crippen LogP contribution in [-0.2, 0) is 5.41 Å². The molecule has 0 radical (unpaired) electrons. The van der Waals surface area contributed by atoms with Crippen LogP contribution >= 0.6 is 0 Å². The molecule has 98 valence electrons. The summed E-state index contributed by atoms with van der Waals surface area (Å²) in [5.74, 6) is 0.657. The largest absolute Gasteiger partial charge is 0.293 e. The minimum Gasteiger partial charge on any atom is -0.293 e. The summed E-state index contributed by atoms with van der Waals surface area (Å²) in [5.41, 5.74) is 2.08. The van der Waals surface area contributed by atoms with E-state index >= 15 is 0 Å². The fourth-order valence-electron chi connectivity index (χ4n) is 1.84. The zero-order valence-electron chi connectivity index (χ0n) is 11.8. The Bertz CT molecular complexity index is 598. The predicted octanol–water partition coefficient (Wildman–Crippen LogP) is 3.64. The van der Waals surface area contributed by atoms with Crippen LogP contribution in [0.4, 0.5) is 0 Å². The minimum atomic E-state index is -0.167. The van der Waals surface area contributed by atoms with E-state index in [2.05, 4.69) is 9.97 Å². The molecule has 0 N–H and O–H groups in total. The first-order chi connectivity index (χ1) is 8.89. The normalized spacial score (nSPS) is 11.4. The summed E-state index contributed by atoms with van der Waals surface area (Å²) in [6.07, 6.45) is 1.75. The molecule has 0 aliphatic heterocycles. The number of nitrogens with zero attached hydrogens (tertiary/aromatic N) is 2. The molecule has 2 rings (SSSR count). The van der Waals surface area contributed by atoms with Gasteiger partial charge in [-0.05, 0) is 5.56 Å². The third-order valence-electron chi connectivity index (χ3n) is 2.88. The number of rotatable bonds is 2. The molecular formula is C16H18N2O.